The van der Waals surface area contributed by atoms with E-state index < -0.39 is 0 Å². The first-order chi connectivity index (χ1) is 13.4. The lowest BCUT2D eigenvalue weighted by Crippen LogP contribution is -2.50. The van der Waals surface area contributed by atoms with Gasteiger partial charge in [-0.1, -0.05) is 25.3 Å². The van der Waals surface area contributed by atoms with E-state index >= 15 is 0 Å². The van der Waals surface area contributed by atoms with Gasteiger partial charge >= 0.3 is 0 Å². The maximum Gasteiger partial charge on any atom is 0.0906 e. The molecule has 0 bridgehead atoms. The van der Waals surface area contributed by atoms with Gasteiger partial charge in [-0.05, 0) is 50.4 Å². The zero-order valence-corrected chi connectivity index (χ0v) is 16.6. The molecule has 148 valence electrons. The lowest BCUT2D eigenvalue weighted by molar-refractivity contribution is 0.0739. The van der Waals surface area contributed by atoms with Crippen LogP contribution in [0.3, 0.4) is 0 Å². The second kappa shape index (κ2) is 9.67. The number of nitrogens with zero attached hydrogens (tertiary/aromatic N) is 4. The van der Waals surface area contributed by atoms with Crippen molar-refractivity contribution >= 4 is 5.52 Å². The van der Waals surface area contributed by atoms with Crippen molar-refractivity contribution in [1.82, 2.24) is 19.4 Å². The number of unbranched alkanes of at least 4 members (excludes halogenated alkanes) is 1. The van der Waals surface area contributed by atoms with Crippen molar-refractivity contribution in [2.75, 3.05) is 39.3 Å². The summed E-state index contributed by atoms with van der Waals surface area (Å²) in [5.74, 6) is 0. The van der Waals surface area contributed by atoms with Crippen molar-refractivity contribution in [2.24, 2.45) is 0 Å². The monoisotopic (exact) mass is 370 g/mol. The van der Waals surface area contributed by atoms with Gasteiger partial charge in [0.2, 0.25) is 0 Å². The Hall–Kier alpha value is -1.43. The normalized spacial score (nSPS) is 20.4. The van der Waals surface area contributed by atoms with Crippen LogP contribution in [0.5, 0.6) is 0 Å². The molecule has 2 fully saturated rings. The minimum absolute atomic E-state index is 0.613. The summed E-state index contributed by atoms with van der Waals surface area (Å²) in [6.07, 6.45) is 11.6. The molecule has 1 aliphatic carbocycles. The van der Waals surface area contributed by atoms with Gasteiger partial charge < -0.3 is 9.64 Å². The topological polar surface area (TPSA) is 33.0 Å². The van der Waals surface area contributed by atoms with E-state index in [9.17, 15) is 0 Å². The van der Waals surface area contributed by atoms with Crippen LogP contribution < -0.4 is 0 Å². The van der Waals surface area contributed by atoms with Crippen LogP contribution in [0, 0.1) is 0 Å². The zero-order valence-electron chi connectivity index (χ0n) is 16.6. The molecular weight excluding hydrogens is 336 g/mol. The van der Waals surface area contributed by atoms with Crippen molar-refractivity contribution in [2.45, 2.75) is 57.6 Å². The molecule has 2 aliphatic rings. The fraction of sp³-hybridized carbons (Fsp3) is 0.682. The highest BCUT2D eigenvalue weighted by Gasteiger charge is 2.24. The van der Waals surface area contributed by atoms with Gasteiger partial charge in [-0.2, -0.15) is 5.10 Å². The smallest absolute Gasteiger partial charge is 0.0906 e. The van der Waals surface area contributed by atoms with E-state index in [1.54, 1.807) is 0 Å². The third-order valence-electron chi connectivity index (χ3n) is 6.18. The Bertz CT molecular complexity index is 653. The maximum absolute atomic E-state index is 5.83. The summed E-state index contributed by atoms with van der Waals surface area (Å²) in [6.45, 7) is 7.70. The predicted molar refractivity (Wildman–Crippen MR) is 109 cm³/mol. The molecule has 0 amide bonds. The number of aromatic nitrogens is 2. The second-order valence-electron chi connectivity index (χ2n) is 8.13. The molecule has 2 aromatic rings. The van der Waals surface area contributed by atoms with E-state index in [1.807, 2.05) is 22.8 Å². The van der Waals surface area contributed by atoms with E-state index in [0.29, 0.717) is 6.61 Å². The van der Waals surface area contributed by atoms with Gasteiger partial charge in [-0.15, -0.1) is 0 Å². The van der Waals surface area contributed by atoms with Gasteiger partial charge in [0, 0.05) is 45.0 Å². The van der Waals surface area contributed by atoms with Crippen LogP contribution in [0.4, 0.5) is 0 Å². The summed E-state index contributed by atoms with van der Waals surface area (Å²) in [4.78, 5) is 5.40. The Morgan fingerprint density at radius 1 is 1.00 bits per heavy atom. The minimum atomic E-state index is 0.613. The van der Waals surface area contributed by atoms with E-state index in [-0.39, 0.29) is 0 Å². The van der Waals surface area contributed by atoms with Crippen molar-refractivity contribution in [3.8, 4) is 0 Å². The third-order valence-corrected chi connectivity index (χ3v) is 6.18. The summed E-state index contributed by atoms with van der Waals surface area (Å²) in [5, 5.41) is 4.53. The largest absolute Gasteiger partial charge is 0.375 e. The first-order valence-corrected chi connectivity index (χ1v) is 10.9. The van der Waals surface area contributed by atoms with Crippen LogP contribution in [0.15, 0.2) is 30.5 Å². The van der Waals surface area contributed by atoms with Gasteiger partial charge in [0.1, 0.15) is 0 Å². The van der Waals surface area contributed by atoms with Crippen molar-refractivity contribution in [3.05, 3.63) is 36.2 Å². The highest BCUT2D eigenvalue weighted by Crippen LogP contribution is 2.23. The first-order valence-electron chi connectivity index (χ1n) is 10.9. The zero-order chi connectivity index (χ0) is 18.3. The minimum Gasteiger partial charge on any atom is -0.375 e. The molecule has 5 heteroatoms. The predicted octanol–water partition coefficient (Wildman–Crippen LogP) is 3.58. The average Bonchev–Trinajstić information content (AvgIpc) is 3.14. The Labute approximate surface area is 163 Å². The number of ether oxygens (including phenoxy) is 1. The lowest BCUT2D eigenvalue weighted by atomic mass is 9.94. The van der Waals surface area contributed by atoms with Gasteiger partial charge in [0.15, 0.2) is 0 Å². The highest BCUT2D eigenvalue weighted by atomic mass is 16.5. The van der Waals surface area contributed by atoms with Crippen molar-refractivity contribution in [3.63, 3.8) is 0 Å². The number of hydrogen-bond donors (Lipinski definition) is 0. The summed E-state index contributed by atoms with van der Waals surface area (Å²) >= 11 is 0. The molecule has 0 spiro atoms. The van der Waals surface area contributed by atoms with Gasteiger partial charge in [-0.25, -0.2) is 4.52 Å². The summed E-state index contributed by atoms with van der Waals surface area (Å²) in [7, 11) is 0. The van der Waals surface area contributed by atoms with Crippen LogP contribution in [0.25, 0.3) is 5.52 Å². The molecule has 0 radical (unpaired) electrons. The average molecular weight is 371 g/mol. The quantitative estimate of drug-likeness (QED) is 0.665. The molecule has 2 aromatic heterocycles. The summed E-state index contributed by atoms with van der Waals surface area (Å²) in [5.41, 5.74) is 2.14. The molecule has 1 saturated carbocycles. The van der Waals surface area contributed by atoms with Crippen molar-refractivity contribution in [1.29, 1.82) is 0 Å². The Morgan fingerprint density at radius 2 is 1.85 bits per heavy atom. The van der Waals surface area contributed by atoms with Gasteiger partial charge in [0.25, 0.3) is 0 Å². The maximum atomic E-state index is 5.83. The summed E-state index contributed by atoms with van der Waals surface area (Å²) in [6, 6.07) is 9.10. The molecule has 1 aliphatic heterocycles. The van der Waals surface area contributed by atoms with E-state index in [2.05, 4.69) is 27.0 Å². The Kier molecular flexibility index (Phi) is 6.77. The van der Waals surface area contributed by atoms with E-state index in [4.69, 9.17) is 4.74 Å². The molecule has 1 saturated heterocycles. The molecule has 0 atom stereocenters. The molecule has 5 nitrogen and oxygen atoms in total. The van der Waals surface area contributed by atoms with Crippen LogP contribution in [-0.2, 0) is 11.3 Å². The number of fused-ring (bicyclic) bond motifs is 1. The van der Waals surface area contributed by atoms with E-state index in [1.165, 1.54) is 71.2 Å². The van der Waals surface area contributed by atoms with Crippen molar-refractivity contribution < 1.29 is 4.74 Å². The molecule has 27 heavy (non-hydrogen) atoms. The second-order valence-corrected chi connectivity index (χ2v) is 8.13. The Balaban J connectivity index is 1.06. The highest BCUT2D eigenvalue weighted by molar-refractivity contribution is 5.46. The number of piperazine rings is 1. The van der Waals surface area contributed by atoms with E-state index in [0.717, 1.165) is 30.3 Å². The molecular formula is C22H34N4O. The fourth-order valence-electron chi connectivity index (χ4n) is 4.58. The SMILES string of the molecule is c1ccn2nc(COCCCCN3CCN(C4CCCCC4)CC3)cc2c1. The molecule has 0 aromatic carbocycles. The van der Waals surface area contributed by atoms with Crippen LogP contribution in [0.1, 0.15) is 50.6 Å². The van der Waals surface area contributed by atoms with Gasteiger partial charge in [-0.3, -0.25) is 4.90 Å². The van der Waals surface area contributed by atoms with Crippen LogP contribution in [0.2, 0.25) is 0 Å². The molecule has 0 N–H and O–H groups in total. The number of pyridine rings is 1. The van der Waals surface area contributed by atoms with Gasteiger partial charge in [0.05, 0.1) is 17.8 Å². The van der Waals surface area contributed by atoms with Crippen LogP contribution >= 0.6 is 0 Å². The third kappa shape index (κ3) is 5.31. The van der Waals surface area contributed by atoms with Crippen LogP contribution in [-0.4, -0.2) is 64.8 Å². The number of rotatable bonds is 8. The molecule has 0 unspecified atom stereocenters. The summed E-state index contributed by atoms with van der Waals surface area (Å²) < 4.78 is 7.74. The first kappa shape index (κ1) is 18.9. The molecule has 3 heterocycles. The fourth-order valence-corrected chi connectivity index (χ4v) is 4.58. The molecule has 4 rings (SSSR count). The standard InChI is InChI=1S/C22H34N4O/c1-2-8-21(9-3-1)25-15-13-24(14-16-25)11-6-7-17-27-19-20-18-22-10-4-5-12-26(22)23-20/h4-5,10,12,18,21H,1-3,6-9,11,13-17,19H2. The lowest BCUT2D eigenvalue weighted by Gasteiger charge is -2.40. The Morgan fingerprint density at radius 3 is 2.67 bits per heavy atom. The number of hydrogen-bond acceptors (Lipinski definition) is 4.